The molecule has 1 fully saturated rings. The second-order valence-corrected chi connectivity index (χ2v) is 8.34. The lowest BCUT2D eigenvalue weighted by Gasteiger charge is -2.23. The first-order valence-electron chi connectivity index (χ1n) is 9.07. The van der Waals surface area contributed by atoms with Crippen molar-refractivity contribution in [1.82, 2.24) is 14.5 Å². The number of aromatic nitrogens is 2. The summed E-state index contributed by atoms with van der Waals surface area (Å²) in [5.74, 6) is 0.367. The van der Waals surface area contributed by atoms with Crippen LogP contribution in [-0.4, -0.2) is 30.7 Å². The van der Waals surface area contributed by atoms with E-state index < -0.39 is 10.0 Å². The summed E-state index contributed by atoms with van der Waals surface area (Å²) in [4.78, 5) is 12.7. The molecule has 0 radical (unpaired) electrons. The van der Waals surface area contributed by atoms with Crippen molar-refractivity contribution in [2.75, 3.05) is 11.9 Å². The Morgan fingerprint density at radius 3 is 2.56 bits per heavy atom. The van der Waals surface area contributed by atoms with E-state index in [2.05, 4.69) is 21.7 Å². The molecule has 1 aliphatic carbocycles. The number of sulfonamides is 1. The van der Waals surface area contributed by atoms with E-state index in [1.807, 2.05) is 4.68 Å². The maximum atomic E-state index is 12.5. The Bertz CT molecular complexity index is 897. The van der Waals surface area contributed by atoms with E-state index in [0.717, 1.165) is 12.8 Å². The van der Waals surface area contributed by atoms with Crippen molar-refractivity contribution in [3.05, 3.63) is 54.7 Å². The number of nitrogens with one attached hydrogen (secondary N) is 2. The van der Waals surface area contributed by atoms with E-state index in [4.69, 9.17) is 0 Å². The largest absolute Gasteiger partial charge is 0.307 e. The van der Waals surface area contributed by atoms with Gasteiger partial charge in [0, 0.05) is 18.2 Å². The van der Waals surface area contributed by atoms with E-state index >= 15 is 0 Å². The third kappa shape index (κ3) is 4.64. The Morgan fingerprint density at radius 2 is 1.89 bits per heavy atom. The second kappa shape index (κ2) is 8.49. The monoisotopic (exact) mass is 388 g/mol. The number of anilines is 1. The van der Waals surface area contributed by atoms with Gasteiger partial charge in [-0.05, 0) is 37.1 Å². The van der Waals surface area contributed by atoms with Crippen LogP contribution in [0.25, 0.3) is 0 Å². The van der Waals surface area contributed by atoms with Crippen LogP contribution in [0, 0.1) is 0 Å². The van der Waals surface area contributed by atoms with Crippen molar-refractivity contribution in [3.63, 3.8) is 0 Å². The van der Waals surface area contributed by atoms with Gasteiger partial charge >= 0.3 is 0 Å². The Hall–Kier alpha value is -2.45. The first-order valence-corrected chi connectivity index (χ1v) is 10.5. The van der Waals surface area contributed by atoms with Gasteiger partial charge in [0.1, 0.15) is 5.82 Å². The van der Waals surface area contributed by atoms with Gasteiger partial charge in [-0.2, -0.15) is 5.10 Å². The van der Waals surface area contributed by atoms with Crippen LogP contribution in [0.5, 0.6) is 0 Å². The molecule has 2 aromatic rings. The lowest BCUT2D eigenvalue weighted by molar-refractivity contribution is 0.102. The number of hydrogen-bond donors (Lipinski definition) is 2. The summed E-state index contributed by atoms with van der Waals surface area (Å²) >= 11 is 0. The van der Waals surface area contributed by atoms with Crippen LogP contribution >= 0.6 is 0 Å². The highest BCUT2D eigenvalue weighted by atomic mass is 32.2. The molecule has 27 heavy (non-hydrogen) atoms. The maximum absolute atomic E-state index is 12.5. The van der Waals surface area contributed by atoms with Gasteiger partial charge < -0.3 is 5.32 Å². The molecule has 7 nitrogen and oxygen atoms in total. The minimum Gasteiger partial charge on any atom is -0.307 e. The Labute approximate surface area is 159 Å². The molecule has 8 heteroatoms. The fourth-order valence-corrected chi connectivity index (χ4v) is 4.25. The molecule has 2 N–H and O–H groups in total. The number of amides is 1. The van der Waals surface area contributed by atoms with Crippen molar-refractivity contribution in [1.29, 1.82) is 0 Å². The van der Waals surface area contributed by atoms with Crippen LogP contribution in [0.2, 0.25) is 0 Å². The molecule has 0 bridgehead atoms. The van der Waals surface area contributed by atoms with Crippen molar-refractivity contribution < 1.29 is 13.2 Å². The smallest absolute Gasteiger partial charge is 0.256 e. The molecule has 3 rings (SSSR count). The molecule has 0 spiro atoms. The molecular weight excluding hydrogens is 364 g/mol. The minimum atomic E-state index is -3.60. The average molecular weight is 388 g/mol. The lowest BCUT2D eigenvalue weighted by atomic mass is 9.96. The van der Waals surface area contributed by atoms with E-state index in [9.17, 15) is 13.2 Å². The highest BCUT2D eigenvalue weighted by Crippen LogP contribution is 2.30. The van der Waals surface area contributed by atoms with Crippen LogP contribution in [0.3, 0.4) is 0 Å². The van der Waals surface area contributed by atoms with Crippen LogP contribution in [0.1, 0.15) is 48.5 Å². The zero-order valence-electron chi connectivity index (χ0n) is 15.1. The Morgan fingerprint density at radius 1 is 1.19 bits per heavy atom. The molecule has 1 aromatic heterocycles. The summed E-state index contributed by atoms with van der Waals surface area (Å²) in [6.45, 7) is 3.63. The van der Waals surface area contributed by atoms with Gasteiger partial charge in [-0.15, -0.1) is 6.58 Å². The highest BCUT2D eigenvalue weighted by molar-refractivity contribution is 7.89. The summed E-state index contributed by atoms with van der Waals surface area (Å²) in [5.41, 5.74) is 0.383. The molecule has 1 aromatic carbocycles. The molecule has 0 unspecified atom stereocenters. The van der Waals surface area contributed by atoms with E-state index in [1.54, 1.807) is 12.3 Å². The molecule has 0 saturated heterocycles. The number of nitrogens with zero attached hydrogens (tertiary/aromatic N) is 2. The quantitative estimate of drug-likeness (QED) is 0.713. The third-order valence-corrected chi connectivity index (χ3v) is 6.12. The number of carbonyl (C=O) groups is 1. The summed E-state index contributed by atoms with van der Waals surface area (Å²) in [6.07, 6.45) is 8.88. The Kier molecular flexibility index (Phi) is 6.08. The normalized spacial score (nSPS) is 15.4. The van der Waals surface area contributed by atoms with Crippen LogP contribution < -0.4 is 10.0 Å². The number of rotatable bonds is 7. The van der Waals surface area contributed by atoms with Gasteiger partial charge in [0.15, 0.2) is 0 Å². The standard InChI is InChI=1S/C19H24N4O3S/c1-2-13-21-27(25,26)17-10-8-15(9-11-17)19(24)22-18-12-14-20-23(18)16-6-4-3-5-7-16/h2,8-12,14,16,21H,1,3-7,13H2,(H,22,24). The van der Waals surface area contributed by atoms with Crippen LogP contribution in [0.4, 0.5) is 5.82 Å². The highest BCUT2D eigenvalue weighted by Gasteiger charge is 2.20. The SMILES string of the molecule is C=CCNS(=O)(=O)c1ccc(C(=O)Nc2ccnn2C2CCCCC2)cc1. The van der Waals surface area contributed by atoms with Gasteiger partial charge in [-0.3, -0.25) is 4.79 Å². The van der Waals surface area contributed by atoms with Crippen molar-refractivity contribution >= 4 is 21.7 Å². The van der Waals surface area contributed by atoms with Gasteiger partial charge in [0.05, 0.1) is 17.1 Å². The predicted molar refractivity (Wildman–Crippen MR) is 104 cm³/mol. The first-order chi connectivity index (χ1) is 13.0. The van der Waals surface area contributed by atoms with Gasteiger partial charge in [-0.1, -0.05) is 25.3 Å². The third-order valence-electron chi connectivity index (χ3n) is 4.68. The molecule has 1 aliphatic rings. The summed E-state index contributed by atoms with van der Waals surface area (Å²) in [5, 5.41) is 7.25. The topological polar surface area (TPSA) is 93.1 Å². The number of benzene rings is 1. The molecule has 1 amide bonds. The van der Waals surface area contributed by atoms with Crippen LogP contribution in [0.15, 0.2) is 54.1 Å². The number of hydrogen-bond acceptors (Lipinski definition) is 4. The van der Waals surface area contributed by atoms with E-state index in [0.29, 0.717) is 17.4 Å². The Balaban J connectivity index is 1.70. The van der Waals surface area contributed by atoms with Crippen molar-refractivity contribution in [3.8, 4) is 0 Å². The molecule has 1 heterocycles. The lowest BCUT2D eigenvalue weighted by Crippen LogP contribution is -2.24. The van der Waals surface area contributed by atoms with Gasteiger partial charge in [0.2, 0.25) is 10.0 Å². The zero-order chi connectivity index (χ0) is 19.3. The van der Waals surface area contributed by atoms with Crippen molar-refractivity contribution in [2.24, 2.45) is 0 Å². The van der Waals surface area contributed by atoms with E-state index in [-0.39, 0.29) is 17.3 Å². The number of carbonyl (C=O) groups excluding carboxylic acids is 1. The summed E-state index contributed by atoms with van der Waals surface area (Å²) in [6, 6.07) is 7.92. The molecule has 0 atom stereocenters. The van der Waals surface area contributed by atoms with Crippen molar-refractivity contribution in [2.45, 2.75) is 43.0 Å². The second-order valence-electron chi connectivity index (χ2n) is 6.57. The van der Waals surface area contributed by atoms with E-state index in [1.165, 1.54) is 49.6 Å². The van der Waals surface area contributed by atoms with Crippen LogP contribution in [-0.2, 0) is 10.0 Å². The minimum absolute atomic E-state index is 0.105. The first kappa shape index (κ1) is 19.3. The summed E-state index contributed by atoms with van der Waals surface area (Å²) < 4.78 is 28.4. The average Bonchev–Trinajstić information content (AvgIpc) is 3.15. The fourth-order valence-electron chi connectivity index (χ4n) is 3.26. The summed E-state index contributed by atoms with van der Waals surface area (Å²) in [7, 11) is -3.60. The van der Waals surface area contributed by atoms with Gasteiger partial charge in [0.25, 0.3) is 5.91 Å². The van der Waals surface area contributed by atoms with Gasteiger partial charge in [-0.25, -0.2) is 17.8 Å². The predicted octanol–water partition coefficient (Wildman–Crippen LogP) is 3.10. The molecule has 1 saturated carbocycles. The maximum Gasteiger partial charge on any atom is 0.256 e. The fraction of sp³-hybridized carbons (Fsp3) is 0.368. The zero-order valence-corrected chi connectivity index (χ0v) is 15.9. The molecule has 0 aliphatic heterocycles. The molecule has 144 valence electrons. The molecular formula is C19H24N4O3S.